The average molecular weight is 342 g/mol. The number of rotatable bonds is 2. The number of likely N-dealkylation sites (N-methyl/N-ethyl adjacent to an activating group) is 1. The molecule has 24 heavy (non-hydrogen) atoms. The van der Waals surface area contributed by atoms with E-state index in [0.717, 1.165) is 30.9 Å². The van der Waals surface area contributed by atoms with Gasteiger partial charge in [-0.2, -0.15) is 0 Å². The van der Waals surface area contributed by atoms with Crippen LogP contribution in [0, 0.1) is 5.92 Å². The van der Waals surface area contributed by atoms with E-state index in [1.54, 1.807) is 0 Å². The predicted molar refractivity (Wildman–Crippen MR) is 103 cm³/mol. The second-order valence-corrected chi connectivity index (χ2v) is 9.32. The molecule has 4 heteroatoms. The van der Waals surface area contributed by atoms with E-state index in [2.05, 4.69) is 50.9 Å². The van der Waals surface area contributed by atoms with E-state index in [4.69, 9.17) is 9.98 Å². The largest absolute Gasteiger partial charge is 0.301 e. The van der Waals surface area contributed by atoms with Crippen molar-refractivity contribution in [1.82, 2.24) is 9.88 Å². The minimum absolute atomic E-state index is 0.279. The Morgan fingerprint density at radius 3 is 2.79 bits per heavy atom. The number of hydrogen-bond donors (Lipinski definition) is 0. The number of fused-ring (bicyclic) bond motifs is 1. The fraction of sp³-hybridized carbons (Fsp3) is 0.600. The molecule has 1 saturated heterocycles. The second-order valence-electron chi connectivity index (χ2n) is 8.26. The Kier molecular flexibility index (Phi) is 4.00. The average Bonchev–Trinajstić information content (AvgIpc) is 3.08. The first kappa shape index (κ1) is 16.2. The monoisotopic (exact) mass is 341 g/mol. The van der Waals surface area contributed by atoms with E-state index in [9.17, 15) is 0 Å². The maximum absolute atomic E-state index is 5.00. The van der Waals surface area contributed by atoms with Crippen LogP contribution in [0.25, 0.3) is 10.2 Å². The summed E-state index contributed by atoms with van der Waals surface area (Å²) in [6, 6.07) is 6.74. The quantitative estimate of drug-likeness (QED) is 0.791. The van der Waals surface area contributed by atoms with Crippen molar-refractivity contribution >= 4 is 27.3 Å². The first-order valence-electron chi connectivity index (χ1n) is 9.08. The molecule has 2 aliphatic heterocycles. The highest BCUT2D eigenvalue weighted by molar-refractivity contribution is 7.18. The molecule has 4 rings (SSSR count). The van der Waals surface area contributed by atoms with Gasteiger partial charge in [-0.25, -0.2) is 4.98 Å². The lowest BCUT2D eigenvalue weighted by Gasteiger charge is -2.26. The summed E-state index contributed by atoms with van der Waals surface area (Å²) in [5.41, 5.74) is 3.98. The Balaban J connectivity index is 1.63. The molecule has 0 spiro atoms. The van der Waals surface area contributed by atoms with Gasteiger partial charge in [-0.1, -0.05) is 13.0 Å². The van der Waals surface area contributed by atoms with Crippen molar-refractivity contribution in [3.63, 3.8) is 0 Å². The molecule has 128 valence electrons. The highest BCUT2D eigenvalue weighted by Gasteiger charge is 2.37. The standard InChI is InChI=1S/C20H27N3S/c1-13-5-7-16(21-11-13)14-6-8-18-17(9-14)22-19(24-18)15-10-20(2,3)23(4)12-15/h6,8-9,13,15H,5,7,10-12H2,1-4H3. The Hall–Kier alpha value is -1.26. The summed E-state index contributed by atoms with van der Waals surface area (Å²) < 4.78 is 1.31. The lowest BCUT2D eigenvalue weighted by molar-refractivity contribution is 0.218. The van der Waals surface area contributed by atoms with Crippen molar-refractivity contribution < 1.29 is 0 Å². The zero-order valence-corrected chi connectivity index (χ0v) is 16.0. The number of likely N-dealkylation sites (tertiary alicyclic amines) is 1. The molecule has 0 bridgehead atoms. The molecule has 0 saturated carbocycles. The first-order chi connectivity index (χ1) is 11.4. The maximum atomic E-state index is 5.00. The Morgan fingerprint density at radius 2 is 2.12 bits per heavy atom. The molecule has 0 amide bonds. The van der Waals surface area contributed by atoms with Gasteiger partial charge in [0.2, 0.25) is 0 Å². The second kappa shape index (κ2) is 5.92. The molecule has 3 nitrogen and oxygen atoms in total. The van der Waals surface area contributed by atoms with Gasteiger partial charge < -0.3 is 4.90 Å². The van der Waals surface area contributed by atoms with Crippen LogP contribution in [-0.2, 0) is 0 Å². The zero-order valence-electron chi connectivity index (χ0n) is 15.2. The van der Waals surface area contributed by atoms with E-state index in [1.807, 2.05) is 11.3 Å². The fourth-order valence-electron chi connectivity index (χ4n) is 3.92. The lowest BCUT2D eigenvalue weighted by Crippen LogP contribution is -2.34. The van der Waals surface area contributed by atoms with Crippen molar-refractivity contribution in [2.45, 2.75) is 51.5 Å². The van der Waals surface area contributed by atoms with Crippen LogP contribution in [0.1, 0.15) is 56.5 Å². The summed E-state index contributed by atoms with van der Waals surface area (Å²) in [6.45, 7) is 9.04. The predicted octanol–water partition coefficient (Wildman–Crippen LogP) is 4.71. The summed E-state index contributed by atoms with van der Waals surface area (Å²) in [5, 5.41) is 1.30. The highest BCUT2D eigenvalue weighted by atomic mass is 32.1. The van der Waals surface area contributed by atoms with Crippen molar-refractivity contribution in [1.29, 1.82) is 0 Å². The summed E-state index contributed by atoms with van der Waals surface area (Å²) in [4.78, 5) is 12.3. The minimum Gasteiger partial charge on any atom is -0.301 e. The molecule has 0 aliphatic carbocycles. The minimum atomic E-state index is 0.279. The Labute approximate surface area is 148 Å². The van der Waals surface area contributed by atoms with E-state index in [0.29, 0.717) is 5.92 Å². The molecule has 1 fully saturated rings. The molecule has 2 aliphatic rings. The third kappa shape index (κ3) is 2.91. The van der Waals surface area contributed by atoms with Crippen molar-refractivity contribution in [2.24, 2.45) is 10.9 Å². The van der Waals surface area contributed by atoms with Gasteiger partial charge in [0.05, 0.1) is 15.2 Å². The molecule has 2 atom stereocenters. The van der Waals surface area contributed by atoms with Crippen LogP contribution < -0.4 is 0 Å². The van der Waals surface area contributed by atoms with Crippen LogP contribution in [0.3, 0.4) is 0 Å². The van der Waals surface area contributed by atoms with Gasteiger partial charge in [-0.15, -0.1) is 11.3 Å². The smallest absolute Gasteiger partial charge is 0.0983 e. The molecule has 0 N–H and O–H groups in total. The van der Waals surface area contributed by atoms with Crippen LogP contribution in [-0.4, -0.2) is 41.3 Å². The van der Waals surface area contributed by atoms with Gasteiger partial charge in [0.25, 0.3) is 0 Å². The van der Waals surface area contributed by atoms with Crippen molar-refractivity contribution in [3.8, 4) is 0 Å². The number of aliphatic imine (C=N–C) groups is 1. The molecule has 2 aromatic rings. The summed E-state index contributed by atoms with van der Waals surface area (Å²) in [6.07, 6.45) is 3.55. The zero-order chi connectivity index (χ0) is 16.9. The van der Waals surface area contributed by atoms with Gasteiger partial charge in [-0.3, -0.25) is 4.99 Å². The summed E-state index contributed by atoms with van der Waals surface area (Å²) in [7, 11) is 2.23. The van der Waals surface area contributed by atoms with E-state index >= 15 is 0 Å². The van der Waals surface area contributed by atoms with E-state index in [1.165, 1.54) is 33.8 Å². The molecule has 3 heterocycles. The Bertz CT molecular complexity index is 789. The molecule has 1 aromatic heterocycles. The normalized spacial score (nSPS) is 27.6. The molecule has 0 radical (unpaired) electrons. The SMILES string of the molecule is CC1CCC(c2ccc3sc(C4CN(C)C(C)(C)C4)nc3c2)=NC1. The Morgan fingerprint density at radius 1 is 1.29 bits per heavy atom. The first-order valence-corrected chi connectivity index (χ1v) is 9.89. The number of aromatic nitrogens is 1. The topological polar surface area (TPSA) is 28.5 Å². The van der Waals surface area contributed by atoms with E-state index in [-0.39, 0.29) is 5.54 Å². The molecular formula is C20H27N3S. The fourth-order valence-corrected chi connectivity index (χ4v) is 4.96. The lowest BCUT2D eigenvalue weighted by atomic mass is 9.96. The molecular weight excluding hydrogens is 314 g/mol. The van der Waals surface area contributed by atoms with Gasteiger partial charge in [0.1, 0.15) is 0 Å². The van der Waals surface area contributed by atoms with Crippen molar-refractivity contribution in [3.05, 3.63) is 28.8 Å². The molecule has 2 unspecified atom stereocenters. The van der Waals surface area contributed by atoms with Gasteiger partial charge in [0.15, 0.2) is 0 Å². The van der Waals surface area contributed by atoms with Crippen LogP contribution in [0.15, 0.2) is 23.2 Å². The number of thiazole rings is 1. The summed E-state index contributed by atoms with van der Waals surface area (Å²) >= 11 is 1.88. The van der Waals surface area contributed by atoms with Crippen LogP contribution in [0.5, 0.6) is 0 Å². The maximum Gasteiger partial charge on any atom is 0.0983 e. The number of nitrogens with zero attached hydrogens (tertiary/aromatic N) is 3. The third-order valence-corrected chi connectivity index (χ3v) is 7.03. The molecule has 1 aromatic carbocycles. The van der Waals surface area contributed by atoms with Gasteiger partial charge in [-0.05, 0) is 63.8 Å². The van der Waals surface area contributed by atoms with Crippen molar-refractivity contribution in [2.75, 3.05) is 20.1 Å². The third-order valence-electron chi connectivity index (χ3n) is 5.83. The van der Waals surface area contributed by atoms with Gasteiger partial charge >= 0.3 is 0 Å². The van der Waals surface area contributed by atoms with Crippen LogP contribution in [0.2, 0.25) is 0 Å². The van der Waals surface area contributed by atoms with Gasteiger partial charge in [0, 0.05) is 30.3 Å². The number of hydrogen-bond acceptors (Lipinski definition) is 4. The van der Waals surface area contributed by atoms with Crippen LogP contribution >= 0.6 is 11.3 Å². The van der Waals surface area contributed by atoms with Crippen LogP contribution in [0.4, 0.5) is 0 Å². The number of benzene rings is 1. The highest BCUT2D eigenvalue weighted by Crippen LogP contribution is 2.40. The summed E-state index contributed by atoms with van der Waals surface area (Å²) in [5.74, 6) is 1.30. The van der Waals surface area contributed by atoms with E-state index < -0.39 is 0 Å².